The molecule has 0 bridgehead atoms. The average molecular weight is 294 g/mol. The van der Waals surface area contributed by atoms with Gasteiger partial charge in [0.2, 0.25) is 0 Å². The van der Waals surface area contributed by atoms with Crippen molar-refractivity contribution < 1.29 is 17.9 Å². The Balaban J connectivity index is 1.71. The zero-order valence-electron chi connectivity index (χ0n) is 10.4. The molecule has 0 saturated heterocycles. The van der Waals surface area contributed by atoms with E-state index in [2.05, 4.69) is 10.3 Å². The van der Waals surface area contributed by atoms with Crippen LogP contribution in [-0.4, -0.2) is 29.9 Å². The number of nitrogens with zero attached hydrogens (tertiary/aromatic N) is 1. The number of aromatic nitrogens is 1. The lowest BCUT2D eigenvalue weighted by Gasteiger charge is -2.30. The van der Waals surface area contributed by atoms with Crippen LogP contribution >= 0.6 is 11.3 Å². The zero-order valence-corrected chi connectivity index (χ0v) is 11.3. The van der Waals surface area contributed by atoms with Gasteiger partial charge in [-0.3, -0.25) is 0 Å². The van der Waals surface area contributed by atoms with E-state index in [0.717, 1.165) is 17.8 Å². The summed E-state index contributed by atoms with van der Waals surface area (Å²) in [6, 6.07) is 0.218. The highest BCUT2D eigenvalue weighted by Crippen LogP contribution is 2.24. The molecule has 1 aromatic heterocycles. The number of halogens is 3. The molecule has 1 aromatic rings. The Morgan fingerprint density at radius 3 is 2.95 bits per heavy atom. The second-order valence-corrected chi connectivity index (χ2v) is 5.70. The van der Waals surface area contributed by atoms with Crippen LogP contribution in [-0.2, 0) is 11.3 Å². The largest absolute Gasteiger partial charge is 0.411 e. The minimum atomic E-state index is -4.23. The fourth-order valence-electron chi connectivity index (χ4n) is 2.27. The molecule has 3 nitrogen and oxygen atoms in total. The molecule has 1 aliphatic carbocycles. The Morgan fingerprint density at radius 2 is 2.26 bits per heavy atom. The van der Waals surface area contributed by atoms with Crippen LogP contribution in [0.25, 0.3) is 0 Å². The molecule has 1 heterocycles. The lowest BCUT2D eigenvalue weighted by atomic mass is 9.93. The third kappa shape index (κ3) is 5.46. The minimum absolute atomic E-state index is 0.218. The summed E-state index contributed by atoms with van der Waals surface area (Å²) in [6.45, 7) is -0.467. The molecule has 1 N–H and O–H groups in total. The molecule has 0 amide bonds. The van der Waals surface area contributed by atoms with Gasteiger partial charge in [0.1, 0.15) is 11.6 Å². The van der Waals surface area contributed by atoms with Gasteiger partial charge in [-0.05, 0) is 25.7 Å². The van der Waals surface area contributed by atoms with Crippen molar-refractivity contribution >= 4 is 11.3 Å². The molecule has 19 heavy (non-hydrogen) atoms. The first-order valence-electron chi connectivity index (χ1n) is 6.33. The first-order chi connectivity index (χ1) is 9.03. The number of rotatable bonds is 5. The van der Waals surface area contributed by atoms with E-state index >= 15 is 0 Å². The van der Waals surface area contributed by atoms with E-state index in [9.17, 15) is 13.2 Å². The minimum Gasteiger partial charge on any atom is -0.369 e. The van der Waals surface area contributed by atoms with Crippen molar-refractivity contribution in [3.05, 3.63) is 16.6 Å². The maximum Gasteiger partial charge on any atom is 0.411 e. The Morgan fingerprint density at radius 1 is 1.42 bits per heavy atom. The van der Waals surface area contributed by atoms with E-state index in [-0.39, 0.29) is 12.1 Å². The molecule has 2 unspecified atom stereocenters. The van der Waals surface area contributed by atoms with Gasteiger partial charge in [-0.2, -0.15) is 13.2 Å². The number of ether oxygens (including phenoxy) is 1. The van der Waals surface area contributed by atoms with Crippen molar-refractivity contribution in [1.82, 2.24) is 10.3 Å². The second-order valence-electron chi connectivity index (χ2n) is 4.72. The van der Waals surface area contributed by atoms with Crippen LogP contribution in [0.1, 0.15) is 30.7 Å². The maximum absolute atomic E-state index is 12.1. The van der Waals surface area contributed by atoms with E-state index in [1.165, 1.54) is 0 Å². The summed E-state index contributed by atoms with van der Waals surface area (Å²) in [5.74, 6) is 0. The number of hydrogen-bond donors (Lipinski definition) is 1. The van der Waals surface area contributed by atoms with Gasteiger partial charge in [-0.1, -0.05) is 0 Å². The number of thiazole rings is 1. The molecule has 0 spiro atoms. The summed E-state index contributed by atoms with van der Waals surface area (Å²) in [5, 5.41) is 6.25. The smallest absolute Gasteiger partial charge is 0.369 e. The van der Waals surface area contributed by atoms with Crippen molar-refractivity contribution in [3.8, 4) is 0 Å². The van der Waals surface area contributed by atoms with Crippen molar-refractivity contribution in [1.29, 1.82) is 0 Å². The van der Waals surface area contributed by atoms with Gasteiger partial charge in [-0.15, -0.1) is 11.3 Å². The SMILES string of the molecule is FC(F)(F)COC1CCCC(NCc2nccs2)C1. The maximum atomic E-state index is 12.1. The fourth-order valence-corrected chi connectivity index (χ4v) is 2.83. The first kappa shape index (κ1) is 14.7. The molecule has 1 fully saturated rings. The third-order valence-electron chi connectivity index (χ3n) is 3.13. The molecule has 0 aliphatic heterocycles. The standard InChI is InChI=1S/C12H17F3N2OS/c13-12(14,15)8-18-10-3-1-2-9(6-10)17-7-11-16-4-5-19-11/h4-5,9-10,17H,1-3,6-8H2. The van der Waals surface area contributed by atoms with Crippen molar-refractivity contribution in [3.63, 3.8) is 0 Å². The average Bonchev–Trinajstić information content (AvgIpc) is 2.87. The summed E-state index contributed by atoms with van der Waals surface area (Å²) in [6.07, 6.45) is 0.464. The summed E-state index contributed by atoms with van der Waals surface area (Å²) in [7, 11) is 0. The molecule has 2 rings (SSSR count). The molecule has 2 atom stereocenters. The molecule has 0 aromatic carbocycles. The van der Waals surface area contributed by atoms with Gasteiger partial charge in [-0.25, -0.2) is 4.98 Å². The summed E-state index contributed by atoms with van der Waals surface area (Å²) in [5.41, 5.74) is 0. The van der Waals surface area contributed by atoms with Gasteiger partial charge in [0.15, 0.2) is 0 Å². The Bertz CT molecular complexity index is 370. The predicted molar refractivity (Wildman–Crippen MR) is 67.0 cm³/mol. The van der Waals surface area contributed by atoms with Crippen LogP contribution in [0, 0.1) is 0 Å². The highest BCUT2D eigenvalue weighted by molar-refractivity contribution is 7.09. The molecule has 108 valence electrons. The van der Waals surface area contributed by atoms with Gasteiger partial charge < -0.3 is 10.1 Å². The number of alkyl halides is 3. The van der Waals surface area contributed by atoms with E-state index in [1.54, 1.807) is 17.5 Å². The number of hydrogen-bond acceptors (Lipinski definition) is 4. The Labute approximate surface area is 114 Å². The van der Waals surface area contributed by atoms with Gasteiger partial charge in [0.05, 0.1) is 6.10 Å². The van der Waals surface area contributed by atoms with E-state index in [1.807, 2.05) is 5.38 Å². The van der Waals surface area contributed by atoms with E-state index in [0.29, 0.717) is 19.4 Å². The predicted octanol–water partition coefficient (Wildman–Crippen LogP) is 3.12. The lowest BCUT2D eigenvalue weighted by molar-refractivity contribution is -0.188. The van der Waals surface area contributed by atoms with Gasteiger partial charge >= 0.3 is 6.18 Å². The molecule has 0 radical (unpaired) electrons. The Hall–Kier alpha value is -0.660. The lowest BCUT2D eigenvalue weighted by Crippen LogP contribution is -2.37. The highest BCUT2D eigenvalue weighted by atomic mass is 32.1. The molecular formula is C12H17F3N2OS. The van der Waals surface area contributed by atoms with Crippen LogP contribution in [0.2, 0.25) is 0 Å². The van der Waals surface area contributed by atoms with Gasteiger partial charge in [0, 0.05) is 24.2 Å². The van der Waals surface area contributed by atoms with Crippen molar-refractivity contribution in [2.24, 2.45) is 0 Å². The van der Waals surface area contributed by atoms with E-state index in [4.69, 9.17) is 4.74 Å². The monoisotopic (exact) mass is 294 g/mol. The Kier molecular flexibility index (Phi) is 5.18. The normalized spacial score (nSPS) is 24.6. The molecule has 7 heteroatoms. The summed E-state index contributed by atoms with van der Waals surface area (Å²) < 4.78 is 41.2. The highest BCUT2D eigenvalue weighted by Gasteiger charge is 2.31. The fraction of sp³-hybridized carbons (Fsp3) is 0.750. The van der Waals surface area contributed by atoms with Gasteiger partial charge in [0.25, 0.3) is 0 Å². The van der Waals surface area contributed by atoms with Crippen molar-refractivity contribution in [2.45, 2.75) is 50.6 Å². The second kappa shape index (κ2) is 6.67. The first-order valence-corrected chi connectivity index (χ1v) is 7.21. The molecule has 1 aliphatic rings. The molecule has 1 saturated carbocycles. The topological polar surface area (TPSA) is 34.1 Å². The third-order valence-corrected chi connectivity index (χ3v) is 3.91. The van der Waals surface area contributed by atoms with Crippen LogP contribution in [0.3, 0.4) is 0 Å². The van der Waals surface area contributed by atoms with E-state index < -0.39 is 12.8 Å². The molecular weight excluding hydrogens is 277 g/mol. The van der Waals surface area contributed by atoms with Crippen LogP contribution < -0.4 is 5.32 Å². The zero-order chi connectivity index (χ0) is 13.7. The quantitative estimate of drug-likeness (QED) is 0.906. The van der Waals surface area contributed by atoms with Crippen LogP contribution in [0.4, 0.5) is 13.2 Å². The summed E-state index contributed by atoms with van der Waals surface area (Å²) in [4.78, 5) is 4.16. The summed E-state index contributed by atoms with van der Waals surface area (Å²) >= 11 is 1.57. The number of nitrogens with one attached hydrogen (secondary N) is 1. The van der Waals surface area contributed by atoms with Crippen molar-refractivity contribution in [2.75, 3.05) is 6.61 Å². The van der Waals surface area contributed by atoms with Crippen LogP contribution in [0.5, 0.6) is 0 Å². The van der Waals surface area contributed by atoms with Crippen LogP contribution in [0.15, 0.2) is 11.6 Å².